The summed E-state index contributed by atoms with van der Waals surface area (Å²) >= 11 is 6.26. The number of nitrogens with one attached hydrogen (secondary N) is 2. The van der Waals surface area contributed by atoms with Crippen LogP contribution in [-0.2, 0) is 4.74 Å². The van der Waals surface area contributed by atoms with Crippen molar-refractivity contribution in [1.29, 1.82) is 0 Å². The van der Waals surface area contributed by atoms with Gasteiger partial charge in [0.25, 0.3) is 0 Å². The van der Waals surface area contributed by atoms with Gasteiger partial charge in [-0.1, -0.05) is 25.4 Å². The summed E-state index contributed by atoms with van der Waals surface area (Å²) in [7, 11) is 0. The van der Waals surface area contributed by atoms with Gasteiger partial charge in [0.05, 0.1) is 5.02 Å². The topological polar surface area (TPSA) is 61.8 Å². The van der Waals surface area contributed by atoms with Crippen molar-refractivity contribution in [3.63, 3.8) is 0 Å². The predicted molar refractivity (Wildman–Crippen MR) is 125 cm³/mol. The number of hydrogen-bond donors (Lipinski definition) is 2. The van der Waals surface area contributed by atoms with Crippen molar-refractivity contribution in [2.24, 2.45) is 10.9 Å². The van der Waals surface area contributed by atoms with Gasteiger partial charge < -0.3 is 20.3 Å². The third kappa shape index (κ3) is 8.83. The number of ether oxygens (including phenoxy) is 1. The third-order valence-corrected chi connectivity index (χ3v) is 4.37. The fourth-order valence-corrected chi connectivity index (χ4v) is 3.11. The number of aromatic nitrogens is 1. The van der Waals surface area contributed by atoms with Crippen molar-refractivity contribution in [3.8, 4) is 0 Å². The molecule has 0 radical (unpaired) electrons. The quantitative estimate of drug-likeness (QED) is 0.231. The third-order valence-electron chi connectivity index (χ3n) is 4.08. The second-order valence-electron chi connectivity index (χ2n) is 6.97. The zero-order valence-electron chi connectivity index (χ0n) is 16.6. The van der Waals surface area contributed by atoms with Gasteiger partial charge in [0.15, 0.2) is 5.96 Å². The highest BCUT2D eigenvalue weighted by atomic mass is 127. The molecule has 0 spiro atoms. The summed E-state index contributed by atoms with van der Waals surface area (Å²) in [5, 5.41) is 7.56. The first-order valence-corrected chi connectivity index (χ1v) is 9.96. The van der Waals surface area contributed by atoms with Gasteiger partial charge in [0.1, 0.15) is 5.82 Å². The Hall–Kier alpha value is -0.800. The standard InChI is InChI=1S/C19H32ClN5O.HI/c1-4-21-19(23-10-6-12-26-14-15(2)3)24-16-8-11-25(13-16)18-17(20)7-5-9-22-18;/h5,7,9,15-16H,4,6,8,10-14H2,1-3H3,(H2,21,23,24);1H. The number of anilines is 1. The molecule has 154 valence electrons. The molecule has 8 heteroatoms. The van der Waals surface area contributed by atoms with Gasteiger partial charge in [-0.15, -0.1) is 24.0 Å². The molecule has 6 nitrogen and oxygen atoms in total. The molecule has 0 bridgehead atoms. The molecule has 0 aromatic carbocycles. The van der Waals surface area contributed by atoms with Crippen molar-refractivity contribution in [1.82, 2.24) is 15.6 Å². The van der Waals surface area contributed by atoms with Crippen LogP contribution in [-0.4, -0.2) is 56.4 Å². The maximum atomic E-state index is 6.26. The lowest BCUT2D eigenvalue weighted by Crippen LogP contribution is -2.44. The van der Waals surface area contributed by atoms with Crippen LogP contribution in [0.4, 0.5) is 5.82 Å². The van der Waals surface area contributed by atoms with Crippen LogP contribution in [0.1, 0.15) is 33.6 Å². The molecule has 1 fully saturated rings. The number of rotatable bonds is 9. The van der Waals surface area contributed by atoms with Gasteiger partial charge in [0.2, 0.25) is 0 Å². The van der Waals surface area contributed by atoms with Gasteiger partial charge >= 0.3 is 0 Å². The molecule has 1 aliphatic heterocycles. The first kappa shape index (κ1) is 24.2. The minimum Gasteiger partial charge on any atom is -0.381 e. The van der Waals surface area contributed by atoms with Crippen molar-refractivity contribution in [2.45, 2.75) is 39.7 Å². The Balaban J connectivity index is 0.00000364. The lowest BCUT2D eigenvalue weighted by molar-refractivity contribution is 0.109. The van der Waals surface area contributed by atoms with Crippen molar-refractivity contribution < 1.29 is 4.74 Å². The Morgan fingerprint density at radius 3 is 3.00 bits per heavy atom. The largest absolute Gasteiger partial charge is 0.381 e. The molecule has 0 aliphatic carbocycles. The molecular weight excluding hydrogens is 477 g/mol. The molecule has 2 N–H and O–H groups in total. The molecule has 1 aromatic heterocycles. The average molecular weight is 510 g/mol. The maximum Gasteiger partial charge on any atom is 0.191 e. The van der Waals surface area contributed by atoms with Crippen LogP contribution in [0, 0.1) is 5.92 Å². The summed E-state index contributed by atoms with van der Waals surface area (Å²) in [6, 6.07) is 4.08. The Morgan fingerprint density at radius 2 is 2.30 bits per heavy atom. The van der Waals surface area contributed by atoms with E-state index in [0.717, 1.165) is 64.0 Å². The highest BCUT2D eigenvalue weighted by molar-refractivity contribution is 14.0. The van der Waals surface area contributed by atoms with Crippen LogP contribution >= 0.6 is 35.6 Å². The fourth-order valence-electron chi connectivity index (χ4n) is 2.87. The molecule has 27 heavy (non-hydrogen) atoms. The molecule has 0 saturated carbocycles. The highest BCUT2D eigenvalue weighted by Gasteiger charge is 2.25. The van der Waals surface area contributed by atoms with E-state index in [4.69, 9.17) is 16.3 Å². The number of nitrogens with zero attached hydrogens (tertiary/aromatic N) is 3. The maximum absolute atomic E-state index is 6.26. The van der Waals surface area contributed by atoms with Crippen molar-refractivity contribution >= 4 is 47.4 Å². The molecule has 0 amide bonds. The van der Waals surface area contributed by atoms with Gasteiger partial charge in [-0.25, -0.2) is 4.98 Å². The van der Waals surface area contributed by atoms with Crippen molar-refractivity contribution in [3.05, 3.63) is 23.4 Å². The monoisotopic (exact) mass is 509 g/mol. The smallest absolute Gasteiger partial charge is 0.191 e. The predicted octanol–water partition coefficient (Wildman–Crippen LogP) is 3.55. The van der Waals surface area contributed by atoms with Crippen LogP contribution in [0.2, 0.25) is 5.02 Å². The average Bonchev–Trinajstić information content (AvgIpc) is 3.06. The van der Waals surface area contributed by atoms with Gasteiger partial charge in [-0.2, -0.15) is 0 Å². The number of pyridine rings is 1. The highest BCUT2D eigenvalue weighted by Crippen LogP contribution is 2.25. The minimum atomic E-state index is 0. The second-order valence-corrected chi connectivity index (χ2v) is 7.37. The van der Waals surface area contributed by atoms with Crippen LogP contribution in [0.5, 0.6) is 0 Å². The first-order valence-electron chi connectivity index (χ1n) is 9.58. The van der Waals surface area contributed by atoms with E-state index in [1.165, 1.54) is 0 Å². The number of guanidine groups is 1. The Morgan fingerprint density at radius 1 is 1.48 bits per heavy atom. The van der Waals surface area contributed by atoms with E-state index in [2.05, 4.69) is 46.3 Å². The lowest BCUT2D eigenvalue weighted by atomic mass is 10.2. The molecule has 2 heterocycles. The molecular formula is C19H33ClIN5O. The molecule has 1 unspecified atom stereocenters. The van der Waals surface area contributed by atoms with Crippen LogP contribution in [0.25, 0.3) is 0 Å². The van der Waals surface area contributed by atoms with E-state index >= 15 is 0 Å². The number of halogens is 2. The molecule has 1 aliphatic rings. The first-order chi connectivity index (χ1) is 12.6. The second kappa shape index (κ2) is 13.4. The van der Waals surface area contributed by atoms with Crippen molar-refractivity contribution in [2.75, 3.05) is 44.3 Å². The normalized spacial score (nSPS) is 17.1. The van der Waals surface area contributed by atoms with Crippen LogP contribution in [0.15, 0.2) is 23.3 Å². The van der Waals surface area contributed by atoms with Crippen LogP contribution in [0.3, 0.4) is 0 Å². The number of aliphatic imine (C=N–C) groups is 1. The Kier molecular flexibility index (Phi) is 12.0. The van der Waals surface area contributed by atoms with Gasteiger partial charge in [-0.3, -0.25) is 4.99 Å². The summed E-state index contributed by atoms with van der Waals surface area (Å²) in [5.41, 5.74) is 0. The summed E-state index contributed by atoms with van der Waals surface area (Å²) in [4.78, 5) is 11.3. The molecule has 1 aromatic rings. The summed E-state index contributed by atoms with van der Waals surface area (Å²) < 4.78 is 5.61. The summed E-state index contributed by atoms with van der Waals surface area (Å²) in [6.45, 7) is 11.4. The molecule has 1 saturated heterocycles. The van der Waals surface area contributed by atoms with E-state index in [0.29, 0.717) is 17.0 Å². The van der Waals surface area contributed by atoms with E-state index in [1.807, 2.05) is 12.1 Å². The summed E-state index contributed by atoms with van der Waals surface area (Å²) in [6.07, 6.45) is 3.76. The van der Waals surface area contributed by atoms with E-state index < -0.39 is 0 Å². The van der Waals surface area contributed by atoms with Crippen LogP contribution < -0.4 is 15.5 Å². The zero-order valence-corrected chi connectivity index (χ0v) is 19.7. The zero-order chi connectivity index (χ0) is 18.8. The lowest BCUT2D eigenvalue weighted by Gasteiger charge is -2.20. The fraction of sp³-hybridized carbons (Fsp3) is 0.684. The van der Waals surface area contributed by atoms with E-state index in [-0.39, 0.29) is 24.0 Å². The number of hydrogen-bond acceptors (Lipinski definition) is 4. The Labute approximate surface area is 185 Å². The van der Waals surface area contributed by atoms with E-state index in [1.54, 1.807) is 6.20 Å². The summed E-state index contributed by atoms with van der Waals surface area (Å²) in [5.74, 6) is 2.31. The SMILES string of the molecule is CCNC(=NCCCOCC(C)C)NC1CCN(c2ncccc2Cl)C1.I. The molecule has 1 atom stereocenters. The Bertz CT molecular complexity index is 573. The molecule has 2 rings (SSSR count). The van der Waals surface area contributed by atoms with E-state index in [9.17, 15) is 0 Å². The van der Waals surface area contributed by atoms with Gasteiger partial charge in [-0.05, 0) is 37.8 Å². The van der Waals surface area contributed by atoms with Gasteiger partial charge in [0, 0.05) is 51.6 Å². The minimum absolute atomic E-state index is 0.